The van der Waals surface area contributed by atoms with Crippen molar-refractivity contribution >= 4 is 13.8 Å². The Morgan fingerprint density at radius 2 is 1.54 bits per heavy atom. The van der Waals surface area contributed by atoms with E-state index >= 15 is 0 Å². The zero-order valence-electron chi connectivity index (χ0n) is 22.7. The van der Waals surface area contributed by atoms with Gasteiger partial charge in [-0.05, 0) is 38.5 Å². The number of phosphoric acid groups is 1. The lowest BCUT2D eigenvalue weighted by atomic mass is 10.0. The Kier molecular flexibility index (Phi) is 15.5. The topological polar surface area (TPSA) is 111 Å². The smallest absolute Gasteiger partial charge is 0.458 e. The largest absolute Gasteiger partial charge is 0.472 e. The molecule has 0 aromatic heterocycles. The molecule has 37 heavy (non-hydrogen) atoms. The zero-order valence-corrected chi connectivity index (χ0v) is 23.6. The lowest BCUT2D eigenvalue weighted by Gasteiger charge is -2.22. The van der Waals surface area contributed by atoms with Crippen molar-refractivity contribution in [3.63, 3.8) is 0 Å². The maximum atomic E-state index is 12.8. The SMILES string of the molecule is C[C@@H]1CC12C/C=C/CC/C=C/CCCCCCCCCCCC[C@@H](OP(=O)(O)OCCN=O)CC(=O)O2. The van der Waals surface area contributed by atoms with Crippen LogP contribution in [0.4, 0.5) is 0 Å². The van der Waals surface area contributed by atoms with Gasteiger partial charge in [-0.15, -0.1) is 0 Å². The van der Waals surface area contributed by atoms with Crippen molar-refractivity contribution in [2.45, 2.75) is 128 Å². The Morgan fingerprint density at radius 3 is 2.16 bits per heavy atom. The van der Waals surface area contributed by atoms with Gasteiger partial charge in [0.25, 0.3) is 0 Å². The van der Waals surface area contributed by atoms with Gasteiger partial charge < -0.3 is 9.63 Å². The fourth-order valence-electron chi connectivity index (χ4n) is 4.86. The molecule has 1 saturated carbocycles. The van der Waals surface area contributed by atoms with Crippen LogP contribution in [0.2, 0.25) is 0 Å². The molecule has 1 fully saturated rings. The van der Waals surface area contributed by atoms with Crippen molar-refractivity contribution < 1.29 is 28.0 Å². The van der Waals surface area contributed by atoms with Crippen LogP contribution in [-0.2, 0) is 23.1 Å². The van der Waals surface area contributed by atoms with Gasteiger partial charge in [0.2, 0.25) is 0 Å². The second-order valence-corrected chi connectivity index (χ2v) is 12.0. The van der Waals surface area contributed by atoms with E-state index in [0.29, 0.717) is 12.8 Å². The number of hydrogen-bond donors (Lipinski definition) is 1. The third-order valence-corrected chi connectivity index (χ3v) is 8.34. The minimum atomic E-state index is -4.41. The van der Waals surface area contributed by atoms with E-state index in [-0.39, 0.29) is 25.5 Å². The van der Waals surface area contributed by atoms with E-state index in [1.165, 1.54) is 51.4 Å². The summed E-state index contributed by atoms with van der Waals surface area (Å²) in [5, 5.41) is 2.62. The van der Waals surface area contributed by atoms with Crippen molar-refractivity contribution in [1.82, 2.24) is 0 Å². The van der Waals surface area contributed by atoms with E-state index in [2.05, 4.69) is 36.4 Å². The van der Waals surface area contributed by atoms with Crippen LogP contribution in [0.25, 0.3) is 0 Å². The van der Waals surface area contributed by atoms with Gasteiger partial charge in [0, 0.05) is 12.3 Å². The highest BCUT2D eigenvalue weighted by Gasteiger charge is 2.54. The maximum Gasteiger partial charge on any atom is 0.472 e. The molecule has 1 spiro atoms. The number of allylic oxidation sites excluding steroid dienone is 3. The summed E-state index contributed by atoms with van der Waals surface area (Å²) in [6.07, 6.45) is 24.7. The van der Waals surface area contributed by atoms with Crippen molar-refractivity contribution in [2.75, 3.05) is 13.2 Å². The first kappa shape index (κ1) is 31.9. The number of rotatable bonds is 6. The molecule has 1 aliphatic carbocycles. The lowest BCUT2D eigenvalue weighted by molar-refractivity contribution is -0.154. The molecule has 2 unspecified atom stereocenters. The first-order valence-electron chi connectivity index (χ1n) is 14.3. The highest BCUT2D eigenvalue weighted by molar-refractivity contribution is 7.47. The van der Waals surface area contributed by atoms with Crippen LogP contribution < -0.4 is 0 Å². The van der Waals surface area contributed by atoms with Crippen LogP contribution in [0.1, 0.15) is 116 Å². The summed E-state index contributed by atoms with van der Waals surface area (Å²) in [6, 6.07) is 0. The fraction of sp³-hybridized carbons (Fsp3) is 0.821. The molecule has 1 heterocycles. The van der Waals surface area contributed by atoms with Gasteiger partial charge in [0.05, 0.1) is 19.1 Å². The molecule has 4 atom stereocenters. The average molecular weight is 542 g/mol. The van der Waals surface area contributed by atoms with E-state index in [1.54, 1.807) is 0 Å². The molecule has 0 saturated heterocycles. The van der Waals surface area contributed by atoms with Crippen LogP contribution in [0.5, 0.6) is 0 Å². The van der Waals surface area contributed by atoms with Crippen LogP contribution in [0.15, 0.2) is 29.5 Å². The number of nitrogens with zero attached hydrogens (tertiary/aromatic N) is 1. The van der Waals surface area contributed by atoms with E-state index < -0.39 is 25.5 Å². The second-order valence-electron chi connectivity index (χ2n) is 10.6. The molecular weight excluding hydrogens is 493 g/mol. The Hall–Kier alpha value is -1.34. The van der Waals surface area contributed by atoms with E-state index in [0.717, 1.165) is 38.5 Å². The second kappa shape index (κ2) is 18.0. The van der Waals surface area contributed by atoms with E-state index in [4.69, 9.17) is 13.8 Å². The van der Waals surface area contributed by atoms with Gasteiger partial charge in [-0.3, -0.25) is 13.8 Å². The molecule has 2 aliphatic rings. The van der Waals surface area contributed by atoms with E-state index in [9.17, 15) is 19.2 Å². The fourth-order valence-corrected chi connectivity index (χ4v) is 5.79. The number of carbonyl (C=O) groups is 1. The van der Waals surface area contributed by atoms with Gasteiger partial charge in [-0.25, -0.2) is 4.57 Å². The van der Waals surface area contributed by atoms with Crippen LogP contribution >= 0.6 is 7.82 Å². The van der Waals surface area contributed by atoms with E-state index in [1.807, 2.05) is 0 Å². The van der Waals surface area contributed by atoms with Crippen LogP contribution in [-0.4, -0.2) is 35.7 Å². The summed E-state index contributed by atoms with van der Waals surface area (Å²) < 4.78 is 28.4. The monoisotopic (exact) mass is 541 g/mol. The van der Waals surface area contributed by atoms with Gasteiger partial charge in [0.1, 0.15) is 12.1 Å². The number of esters is 1. The highest BCUT2D eigenvalue weighted by atomic mass is 31.2. The number of ether oxygens (including phenoxy) is 1. The van der Waals surface area contributed by atoms with Crippen LogP contribution in [0.3, 0.4) is 0 Å². The van der Waals surface area contributed by atoms with Crippen LogP contribution in [0, 0.1) is 10.8 Å². The molecule has 0 amide bonds. The molecule has 9 heteroatoms. The molecule has 1 N–H and O–H groups in total. The third-order valence-electron chi connectivity index (χ3n) is 7.26. The standard InChI is InChI=1S/C28H48NO7P/c1-25-24-28(25)20-18-16-14-12-10-8-6-4-2-3-5-7-9-11-13-15-17-19-26(23-27(30)35-28)36-37(32,33)34-22-21-29-31/h8,10,16,18,25-26H,2-7,9,11-15,17,19-24H2,1H3,(H,32,33)/b10-8+,18-16+/t25-,26-,28?/m1/s1. The number of carbonyl (C=O) groups excluding carboxylic acids is 1. The number of nitroso groups, excluding NO2 is 1. The average Bonchev–Trinajstić information content (AvgIpc) is 3.47. The molecule has 0 aromatic rings. The Bertz CT molecular complexity index is 772. The summed E-state index contributed by atoms with van der Waals surface area (Å²) in [7, 11) is -4.41. The number of hydrogen-bond acceptors (Lipinski definition) is 7. The van der Waals surface area contributed by atoms with Crippen molar-refractivity contribution in [2.24, 2.45) is 11.1 Å². The minimum absolute atomic E-state index is 0.108. The summed E-state index contributed by atoms with van der Waals surface area (Å²) >= 11 is 0. The molecule has 0 aromatic carbocycles. The predicted octanol–water partition coefficient (Wildman–Crippen LogP) is 7.94. The summed E-state index contributed by atoms with van der Waals surface area (Å²) in [5.74, 6) is -0.142. The normalized spacial score (nSPS) is 31.4. The quantitative estimate of drug-likeness (QED) is 0.119. The molecule has 0 bridgehead atoms. The maximum absolute atomic E-state index is 12.8. The first-order valence-corrected chi connectivity index (χ1v) is 15.8. The molecule has 2 rings (SSSR count). The summed E-state index contributed by atoms with van der Waals surface area (Å²) in [6.45, 7) is 1.52. The molecule has 0 radical (unpaired) electrons. The third kappa shape index (κ3) is 14.4. The zero-order chi connectivity index (χ0) is 26.8. The summed E-state index contributed by atoms with van der Waals surface area (Å²) in [5.41, 5.74) is -0.489. The lowest BCUT2D eigenvalue weighted by Crippen LogP contribution is -2.25. The molecule has 212 valence electrons. The Balaban J connectivity index is 1.95. The van der Waals surface area contributed by atoms with Crippen molar-refractivity contribution in [3.8, 4) is 0 Å². The molecule has 8 nitrogen and oxygen atoms in total. The van der Waals surface area contributed by atoms with Crippen molar-refractivity contribution in [3.05, 3.63) is 29.2 Å². The Morgan fingerprint density at radius 1 is 0.973 bits per heavy atom. The Labute approximate surface area is 223 Å². The minimum Gasteiger partial charge on any atom is -0.458 e. The predicted molar refractivity (Wildman–Crippen MR) is 146 cm³/mol. The molecular formula is C28H48NO7P. The molecule has 1 aliphatic heterocycles. The van der Waals surface area contributed by atoms with Gasteiger partial charge in [-0.1, -0.05) is 94.2 Å². The highest BCUT2D eigenvalue weighted by Crippen LogP contribution is 2.50. The van der Waals surface area contributed by atoms with Crippen molar-refractivity contribution in [1.29, 1.82) is 0 Å². The first-order chi connectivity index (χ1) is 17.9. The number of phosphoric ester groups is 1. The van der Waals surface area contributed by atoms with Gasteiger partial charge in [0.15, 0.2) is 0 Å². The summed E-state index contributed by atoms with van der Waals surface area (Å²) in [4.78, 5) is 33.2. The van der Waals surface area contributed by atoms with Gasteiger partial charge in [-0.2, -0.15) is 4.91 Å². The van der Waals surface area contributed by atoms with Gasteiger partial charge >= 0.3 is 13.8 Å².